The van der Waals surface area contributed by atoms with Crippen LogP contribution in [0.1, 0.15) is 57.9 Å². The molecule has 0 saturated carbocycles. The van der Waals surface area contributed by atoms with Crippen molar-refractivity contribution in [3.8, 4) is 5.75 Å². The summed E-state index contributed by atoms with van der Waals surface area (Å²) in [5.74, 6) is 0.460. The van der Waals surface area contributed by atoms with Gasteiger partial charge in [-0.05, 0) is 0 Å². The van der Waals surface area contributed by atoms with Crippen molar-refractivity contribution in [3.05, 3.63) is 29.8 Å². The van der Waals surface area contributed by atoms with Gasteiger partial charge in [-0.15, -0.1) is 0 Å². The van der Waals surface area contributed by atoms with E-state index >= 15 is 0 Å². The van der Waals surface area contributed by atoms with E-state index in [0.717, 1.165) is 6.42 Å². The second kappa shape index (κ2) is 16.1. The number of thiol groups is 1. The fourth-order valence-corrected chi connectivity index (χ4v) is 2.64. The van der Waals surface area contributed by atoms with Gasteiger partial charge in [0.05, 0.1) is 0 Å². The van der Waals surface area contributed by atoms with Crippen LogP contribution in [0.2, 0.25) is 0 Å². The average Bonchev–Trinajstić information content (AvgIpc) is 2.65. The Hall–Kier alpha value is -1.13. The quantitative estimate of drug-likeness (QED) is 0.236. The molecule has 1 rings (SSSR count). The fraction of sp³-hybridized carbons (Fsp3) is 0.550. The van der Waals surface area contributed by atoms with Gasteiger partial charge in [-0.25, -0.2) is 0 Å². The molecule has 0 aliphatic carbocycles. The summed E-state index contributed by atoms with van der Waals surface area (Å²) in [6.45, 7) is 5.12. The maximum Gasteiger partial charge on any atom is 0.0362 e. The number of aryl methyl sites for hydroxylation is 1. The predicted octanol–water partition coefficient (Wildman–Crippen LogP) is 4.23. The van der Waals surface area contributed by atoms with Crippen LogP contribution in [0.5, 0.6) is 5.75 Å². The maximum absolute atomic E-state index is 11.6. The Labute approximate surface area is 170 Å². The van der Waals surface area contributed by atoms with Crippen molar-refractivity contribution in [1.82, 2.24) is 0 Å². The molecule has 26 heavy (non-hydrogen) atoms. The van der Waals surface area contributed by atoms with Gasteiger partial charge < -0.3 is 9.53 Å². The molecule has 0 radical (unpaired) electrons. The Morgan fingerprint density at radius 1 is 1.15 bits per heavy atom. The van der Waals surface area contributed by atoms with Crippen LogP contribution in [0.3, 0.4) is 0 Å². The predicted molar refractivity (Wildman–Crippen MR) is 105 cm³/mol. The monoisotopic (exact) mass is 423 g/mol. The first-order valence-corrected chi connectivity index (χ1v) is 9.78. The molecule has 0 heterocycles. The summed E-state index contributed by atoms with van der Waals surface area (Å²) in [7, 11) is 1.26. The molecule has 4 nitrogen and oxygen atoms in total. The van der Waals surface area contributed by atoms with Gasteiger partial charge in [0.2, 0.25) is 0 Å². The standard InChI is InChI=1S/C18H26O2S.C2H3O2.Ni/c1-3-4-5-6-7-8-9-16-10-12-17(13-11-16)20-15(2)18(19)14-21;1-4-2-3;/h10-13,15,21H,3-9H2,1-2H3;1H3;/q;-1;. The molecular formula is C20H29NiO4S-. The van der Waals surface area contributed by atoms with E-state index < -0.39 is 6.10 Å². The van der Waals surface area contributed by atoms with Crippen molar-refractivity contribution in [3.63, 3.8) is 0 Å². The van der Waals surface area contributed by atoms with Crippen LogP contribution in [0.4, 0.5) is 0 Å². The first kappa shape index (κ1) is 24.9. The molecule has 1 unspecified atom stereocenters. The number of hydrogen-bond donors (Lipinski definition) is 1. The van der Waals surface area contributed by atoms with Gasteiger partial charge in [-0.1, -0.05) is 32.7 Å². The van der Waals surface area contributed by atoms with Crippen molar-refractivity contribution in [2.24, 2.45) is 0 Å². The minimum absolute atomic E-state index is 0.104. The van der Waals surface area contributed by atoms with Crippen molar-refractivity contribution >= 4 is 28.7 Å². The Kier molecular flexibility index (Phi) is 15.4. The number of unbranched alkanes of at least 4 members (excludes halogenated alkanes) is 5. The molecule has 0 bridgehead atoms. The Balaban J connectivity index is 0.00000141. The Morgan fingerprint density at radius 3 is 2.19 bits per heavy atom. The second-order valence-electron chi connectivity index (χ2n) is 5.84. The second-order valence-corrected chi connectivity index (χ2v) is 7.11. The molecular weight excluding hydrogens is 395 g/mol. The van der Waals surface area contributed by atoms with Gasteiger partial charge in [0, 0.05) is 7.11 Å². The van der Waals surface area contributed by atoms with E-state index in [-0.39, 0.29) is 9.61 Å². The van der Waals surface area contributed by atoms with E-state index in [0.29, 0.717) is 5.75 Å². The van der Waals surface area contributed by atoms with Gasteiger partial charge in [0.25, 0.3) is 0 Å². The number of Topliss-reactive ketones (excluding diaryl/α,β-unsaturated/α-hetero) is 1. The van der Waals surface area contributed by atoms with Crippen molar-refractivity contribution in [2.75, 3.05) is 7.11 Å². The summed E-state index contributed by atoms with van der Waals surface area (Å²) in [4.78, 5) is 20.5. The minimum Gasteiger partial charge on any atom is -0.655 e. The third-order valence-corrected chi connectivity index (χ3v) is 4.16. The summed E-state index contributed by atoms with van der Waals surface area (Å²) in [6.07, 6.45) is 8.37. The van der Waals surface area contributed by atoms with E-state index in [1.165, 1.54) is 57.7 Å². The summed E-state index contributed by atoms with van der Waals surface area (Å²) in [6, 6.07) is 7.98. The summed E-state index contributed by atoms with van der Waals surface area (Å²) >= 11 is 8.35. The number of carbonyl (C=O) groups excluding carboxylic acids is 2. The third-order valence-electron chi connectivity index (χ3n) is 3.70. The van der Waals surface area contributed by atoms with E-state index in [1.54, 1.807) is 6.92 Å². The van der Waals surface area contributed by atoms with Gasteiger partial charge in [0.1, 0.15) is 0 Å². The number of benzene rings is 1. The minimum atomic E-state index is -0.578. The smallest absolute Gasteiger partial charge is 0.0362 e. The van der Waals surface area contributed by atoms with Crippen molar-refractivity contribution < 1.29 is 34.1 Å². The number of hydrogen-bond acceptors (Lipinski definition) is 5. The molecule has 0 N–H and O–H groups in total. The van der Waals surface area contributed by atoms with Crippen LogP contribution in [0, 0.1) is 0 Å². The topological polar surface area (TPSA) is 52.6 Å². The molecule has 0 spiro atoms. The molecule has 150 valence electrons. The molecule has 0 fully saturated rings. The summed E-state index contributed by atoms with van der Waals surface area (Å²) in [5, 5.41) is 0. The van der Waals surface area contributed by atoms with Crippen LogP contribution >= 0.6 is 12.6 Å². The van der Waals surface area contributed by atoms with Crippen LogP contribution in [0.15, 0.2) is 24.3 Å². The van der Waals surface area contributed by atoms with Gasteiger partial charge in [-0.2, -0.15) is 0 Å². The summed E-state index contributed by atoms with van der Waals surface area (Å²) in [5.41, 5.74) is 1.31. The largest absolute Gasteiger partial charge is 0.655 e. The fourth-order valence-electron chi connectivity index (χ4n) is 2.26. The average molecular weight is 424 g/mol. The molecule has 1 atom stereocenters. The number of methoxy groups -OCH3 is 1. The number of rotatable bonds is 12. The molecule has 0 aliphatic rings. The molecule has 0 aliphatic heterocycles. The van der Waals surface area contributed by atoms with Crippen LogP contribution in [-0.2, 0) is 35.8 Å². The van der Waals surface area contributed by atoms with Crippen molar-refractivity contribution in [1.29, 1.82) is 0 Å². The maximum atomic E-state index is 11.6. The van der Waals surface area contributed by atoms with Gasteiger partial charge in [-0.3, -0.25) is 0 Å². The van der Waals surface area contributed by atoms with E-state index in [1.807, 2.05) is 12.1 Å². The normalized spacial score (nSPS) is 11.0. The zero-order valence-corrected chi connectivity index (χ0v) is 17.6. The van der Waals surface area contributed by atoms with E-state index in [4.69, 9.17) is 9.53 Å². The molecule has 1 aromatic carbocycles. The Morgan fingerprint density at radius 2 is 1.69 bits per heavy atom. The Bertz CT molecular complexity index is 531. The summed E-state index contributed by atoms with van der Waals surface area (Å²) < 4.78 is 9.42. The van der Waals surface area contributed by atoms with Gasteiger partial charge in [0.15, 0.2) is 0 Å². The van der Waals surface area contributed by atoms with Crippen LogP contribution in [-0.4, -0.2) is 29.3 Å². The van der Waals surface area contributed by atoms with Gasteiger partial charge >= 0.3 is 121 Å². The SMILES string of the molecule is CCCCCCCCc1ccc(OC(C)C(=O)[C](S)=[Ni])cc1.CO[C-]=O. The number of carbonyl (C=O) groups is 1. The third kappa shape index (κ3) is 12.3. The first-order chi connectivity index (χ1) is 12.5. The van der Waals surface area contributed by atoms with E-state index in [9.17, 15) is 4.79 Å². The number of ketones is 1. The van der Waals surface area contributed by atoms with Crippen LogP contribution in [0.25, 0.3) is 0 Å². The molecule has 0 aromatic heterocycles. The molecule has 0 amide bonds. The molecule has 0 saturated heterocycles. The molecule has 6 heteroatoms. The number of ether oxygens (including phenoxy) is 2. The zero-order valence-electron chi connectivity index (χ0n) is 15.7. The zero-order chi connectivity index (χ0) is 19.8. The van der Waals surface area contributed by atoms with Crippen molar-refractivity contribution in [2.45, 2.75) is 64.9 Å². The van der Waals surface area contributed by atoms with Crippen LogP contribution < -0.4 is 4.74 Å². The first-order valence-electron chi connectivity index (χ1n) is 8.84. The van der Waals surface area contributed by atoms with E-state index in [2.05, 4.69) is 51.5 Å². The molecule has 1 aromatic rings.